The fourth-order valence-electron chi connectivity index (χ4n) is 2.96. The summed E-state index contributed by atoms with van der Waals surface area (Å²) < 4.78 is 0.922. The van der Waals surface area contributed by atoms with E-state index in [-0.39, 0.29) is 0 Å². The van der Waals surface area contributed by atoms with E-state index < -0.39 is 0 Å². The predicted molar refractivity (Wildman–Crippen MR) is 67.1 cm³/mol. The molecule has 14 heavy (non-hydrogen) atoms. The normalized spacial score (nSPS) is 45.7. The highest BCUT2D eigenvalue weighted by Gasteiger charge is 2.52. The number of hydrogen-bond donors (Lipinski definition) is 0. The smallest absolute Gasteiger partial charge is 0.0524 e. The highest BCUT2D eigenvalue weighted by Crippen LogP contribution is 2.59. The second-order valence-electron chi connectivity index (χ2n) is 4.40. The van der Waals surface area contributed by atoms with Crippen molar-refractivity contribution in [3.8, 4) is 0 Å². The van der Waals surface area contributed by atoms with Crippen molar-refractivity contribution in [2.45, 2.75) is 35.2 Å². The Morgan fingerprint density at radius 1 is 0.786 bits per heavy atom. The molecule has 2 aliphatic heterocycles. The van der Waals surface area contributed by atoms with Crippen molar-refractivity contribution in [1.29, 1.82) is 0 Å². The maximum Gasteiger partial charge on any atom is 0.0524 e. The van der Waals surface area contributed by atoms with E-state index in [4.69, 9.17) is 0 Å². The maximum atomic E-state index is 2.49. The highest BCUT2D eigenvalue weighted by molar-refractivity contribution is 8.05. The van der Waals surface area contributed by atoms with Crippen LogP contribution in [0.5, 0.6) is 0 Å². The first-order valence-electron chi connectivity index (χ1n) is 5.52. The van der Waals surface area contributed by atoms with Crippen molar-refractivity contribution in [3.05, 3.63) is 24.3 Å². The molecule has 2 spiro atoms. The minimum atomic E-state index is 0.461. The first-order valence-corrected chi connectivity index (χ1v) is 7.49. The molecule has 2 fully saturated rings. The molecule has 0 aromatic rings. The van der Waals surface area contributed by atoms with Crippen molar-refractivity contribution >= 4 is 23.5 Å². The average Bonchev–Trinajstić information content (AvgIpc) is 2.81. The van der Waals surface area contributed by atoms with Crippen molar-refractivity contribution < 1.29 is 0 Å². The van der Waals surface area contributed by atoms with Gasteiger partial charge in [-0.3, -0.25) is 0 Å². The summed E-state index contributed by atoms with van der Waals surface area (Å²) in [5.41, 5.74) is 0. The molecule has 0 saturated carbocycles. The second-order valence-corrected chi connectivity index (χ2v) is 7.25. The van der Waals surface area contributed by atoms with Crippen LogP contribution in [0.1, 0.15) is 25.7 Å². The summed E-state index contributed by atoms with van der Waals surface area (Å²) in [6, 6.07) is 0. The third-order valence-electron chi connectivity index (χ3n) is 3.66. The molecule has 3 aliphatic rings. The van der Waals surface area contributed by atoms with Crippen molar-refractivity contribution in [2.24, 2.45) is 0 Å². The van der Waals surface area contributed by atoms with E-state index >= 15 is 0 Å². The molecule has 0 N–H and O–H groups in total. The molecule has 2 heteroatoms. The quantitative estimate of drug-likeness (QED) is 0.616. The molecule has 0 nitrogen and oxygen atoms in total. The van der Waals surface area contributed by atoms with E-state index in [1.54, 1.807) is 0 Å². The summed E-state index contributed by atoms with van der Waals surface area (Å²) in [6.45, 7) is 0. The Morgan fingerprint density at radius 3 is 1.64 bits per heavy atom. The van der Waals surface area contributed by atoms with Gasteiger partial charge < -0.3 is 0 Å². The van der Waals surface area contributed by atoms with Gasteiger partial charge in [-0.1, -0.05) is 24.3 Å². The van der Waals surface area contributed by atoms with Crippen LogP contribution in [-0.2, 0) is 0 Å². The van der Waals surface area contributed by atoms with Gasteiger partial charge in [0.2, 0.25) is 0 Å². The summed E-state index contributed by atoms with van der Waals surface area (Å²) in [5.74, 6) is 2.72. The Morgan fingerprint density at radius 2 is 1.29 bits per heavy atom. The van der Waals surface area contributed by atoms with Crippen LogP contribution in [0.2, 0.25) is 0 Å². The minimum absolute atomic E-state index is 0.461. The van der Waals surface area contributed by atoms with E-state index in [0.29, 0.717) is 9.49 Å². The average molecular weight is 224 g/mol. The van der Waals surface area contributed by atoms with Crippen LogP contribution in [0, 0.1) is 0 Å². The lowest BCUT2D eigenvalue weighted by Crippen LogP contribution is -2.44. The predicted octanol–water partition coefficient (Wildman–Crippen LogP) is 3.64. The standard InChI is InChI=1S/C12H16S2/c1-2-6-12(8-4-10-14-12)11(5-1)7-3-9-13-11/h1-2,5-6H,3-4,7-10H2/t11-,12-/m0/s1. The molecule has 2 saturated heterocycles. The van der Waals surface area contributed by atoms with Gasteiger partial charge in [0.1, 0.15) is 0 Å². The summed E-state index contributed by atoms with van der Waals surface area (Å²) in [6.07, 6.45) is 15.1. The zero-order chi connectivity index (χ0) is 9.49. The third-order valence-corrected chi connectivity index (χ3v) is 7.22. The molecule has 0 aromatic carbocycles. The molecule has 2 atom stereocenters. The zero-order valence-corrected chi connectivity index (χ0v) is 10.0. The number of hydrogen-bond acceptors (Lipinski definition) is 2. The lowest BCUT2D eigenvalue weighted by Gasteiger charge is -2.43. The molecule has 0 bridgehead atoms. The van der Waals surface area contributed by atoms with Gasteiger partial charge >= 0.3 is 0 Å². The molecule has 2 heterocycles. The summed E-state index contributed by atoms with van der Waals surface area (Å²) >= 11 is 4.41. The van der Waals surface area contributed by atoms with Gasteiger partial charge in [0.25, 0.3) is 0 Å². The van der Waals surface area contributed by atoms with Gasteiger partial charge in [-0.2, -0.15) is 0 Å². The molecule has 1 aliphatic carbocycles. The van der Waals surface area contributed by atoms with Crippen molar-refractivity contribution in [3.63, 3.8) is 0 Å². The Bertz CT molecular complexity index is 249. The lowest BCUT2D eigenvalue weighted by atomic mass is 9.81. The van der Waals surface area contributed by atoms with Gasteiger partial charge in [-0.25, -0.2) is 0 Å². The van der Waals surface area contributed by atoms with Crippen LogP contribution in [0.25, 0.3) is 0 Å². The number of rotatable bonds is 0. The lowest BCUT2D eigenvalue weighted by molar-refractivity contribution is 0.521. The SMILES string of the molecule is C1=C[C@]2(CCCS2)[C@]2(C=C1)CCCS2. The molecule has 3 rings (SSSR count). The largest absolute Gasteiger partial charge is 0.149 e. The zero-order valence-electron chi connectivity index (χ0n) is 8.37. The minimum Gasteiger partial charge on any atom is -0.149 e. The van der Waals surface area contributed by atoms with E-state index in [1.807, 2.05) is 0 Å². The van der Waals surface area contributed by atoms with Crippen LogP contribution in [0.3, 0.4) is 0 Å². The number of allylic oxidation sites excluding steroid dienone is 2. The maximum absolute atomic E-state index is 2.49. The van der Waals surface area contributed by atoms with Gasteiger partial charge in [-0.05, 0) is 37.2 Å². The van der Waals surface area contributed by atoms with Crippen LogP contribution in [-0.4, -0.2) is 21.0 Å². The Balaban J connectivity index is 2.01. The first kappa shape index (κ1) is 9.41. The molecule has 0 radical (unpaired) electrons. The van der Waals surface area contributed by atoms with Gasteiger partial charge in [0.15, 0.2) is 0 Å². The van der Waals surface area contributed by atoms with Crippen LogP contribution in [0.15, 0.2) is 24.3 Å². The monoisotopic (exact) mass is 224 g/mol. The van der Waals surface area contributed by atoms with E-state index in [2.05, 4.69) is 47.8 Å². The van der Waals surface area contributed by atoms with E-state index in [9.17, 15) is 0 Å². The van der Waals surface area contributed by atoms with E-state index in [0.717, 1.165) is 0 Å². The summed E-state index contributed by atoms with van der Waals surface area (Å²) in [5, 5.41) is 0. The Labute approximate surface area is 94.6 Å². The van der Waals surface area contributed by atoms with Crippen molar-refractivity contribution in [1.82, 2.24) is 0 Å². The number of fused-ring (bicyclic) bond motifs is 1. The van der Waals surface area contributed by atoms with Crippen LogP contribution >= 0.6 is 23.5 Å². The Hall–Kier alpha value is 0.180. The number of thioether (sulfide) groups is 2. The molecule has 0 amide bonds. The highest BCUT2D eigenvalue weighted by atomic mass is 32.2. The first-order chi connectivity index (χ1) is 6.87. The van der Waals surface area contributed by atoms with Crippen molar-refractivity contribution in [2.75, 3.05) is 11.5 Å². The van der Waals surface area contributed by atoms with Gasteiger partial charge in [0.05, 0.1) is 9.49 Å². The van der Waals surface area contributed by atoms with Gasteiger partial charge in [-0.15, -0.1) is 23.5 Å². The topological polar surface area (TPSA) is 0 Å². The molecular weight excluding hydrogens is 208 g/mol. The summed E-state index contributed by atoms with van der Waals surface area (Å²) in [7, 11) is 0. The summed E-state index contributed by atoms with van der Waals surface area (Å²) in [4.78, 5) is 0. The molecule has 0 aromatic heterocycles. The Kier molecular flexibility index (Phi) is 2.25. The van der Waals surface area contributed by atoms with Gasteiger partial charge in [0, 0.05) is 0 Å². The van der Waals surface area contributed by atoms with Crippen LogP contribution < -0.4 is 0 Å². The van der Waals surface area contributed by atoms with Crippen LogP contribution in [0.4, 0.5) is 0 Å². The second kappa shape index (κ2) is 3.34. The van der Waals surface area contributed by atoms with E-state index in [1.165, 1.54) is 37.2 Å². The third kappa shape index (κ3) is 1.16. The molecule has 76 valence electrons. The molecule has 0 unspecified atom stereocenters. The fraction of sp³-hybridized carbons (Fsp3) is 0.667. The molecular formula is C12H16S2. The fourth-order valence-corrected chi connectivity index (χ4v) is 6.37.